The lowest BCUT2D eigenvalue weighted by atomic mass is 9.82. The van der Waals surface area contributed by atoms with Crippen LogP contribution in [0, 0.1) is 37.5 Å². The van der Waals surface area contributed by atoms with Crippen molar-refractivity contribution in [1.29, 1.82) is 0 Å². The highest BCUT2D eigenvalue weighted by Crippen LogP contribution is 2.48. The summed E-state index contributed by atoms with van der Waals surface area (Å²) < 4.78 is 0. The number of nitrogens with zero attached hydrogens (tertiary/aromatic N) is 1. The molecule has 3 N–H and O–H groups in total. The topological polar surface area (TPSA) is 95.1 Å². The second-order valence-electron chi connectivity index (χ2n) is 5.64. The van der Waals surface area contributed by atoms with E-state index in [4.69, 9.17) is 0 Å². The maximum Gasteiger partial charge on any atom is 0.307 e. The summed E-state index contributed by atoms with van der Waals surface area (Å²) in [5, 5.41) is 19.0. The van der Waals surface area contributed by atoms with Gasteiger partial charge in [0.25, 0.3) is 0 Å². The summed E-state index contributed by atoms with van der Waals surface area (Å²) in [6, 6.07) is 0. The number of fused-ring (bicyclic) bond motifs is 2. The molecule has 4 unspecified atom stereocenters. The van der Waals surface area contributed by atoms with E-state index in [1.165, 1.54) is 0 Å². The minimum absolute atomic E-state index is 0.0141. The van der Waals surface area contributed by atoms with Gasteiger partial charge < -0.3 is 10.4 Å². The van der Waals surface area contributed by atoms with E-state index < -0.39 is 17.8 Å². The molecule has 2 aliphatic carbocycles. The zero-order valence-corrected chi connectivity index (χ0v) is 11.4. The summed E-state index contributed by atoms with van der Waals surface area (Å²) in [7, 11) is 0. The Balaban J connectivity index is 1.84. The highest BCUT2D eigenvalue weighted by molar-refractivity contribution is 5.97. The Hall–Kier alpha value is -2.11. The molecule has 106 valence electrons. The van der Waals surface area contributed by atoms with Gasteiger partial charge in [-0.05, 0) is 32.1 Å². The monoisotopic (exact) mass is 275 g/mol. The summed E-state index contributed by atoms with van der Waals surface area (Å²) in [5.41, 5.74) is 2.15. The fourth-order valence-corrected chi connectivity index (χ4v) is 3.46. The molecule has 2 aliphatic rings. The Labute approximate surface area is 116 Å². The fraction of sp³-hybridized carbons (Fsp3) is 0.500. The average Bonchev–Trinajstić information content (AvgIpc) is 3.07. The Morgan fingerprint density at radius 1 is 1.30 bits per heavy atom. The molecule has 6 nitrogen and oxygen atoms in total. The molecule has 0 radical (unpaired) electrons. The van der Waals surface area contributed by atoms with Crippen LogP contribution in [0.1, 0.15) is 17.8 Å². The minimum atomic E-state index is -0.886. The zero-order valence-electron chi connectivity index (χ0n) is 11.4. The van der Waals surface area contributed by atoms with Gasteiger partial charge in [0.05, 0.1) is 28.9 Å². The van der Waals surface area contributed by atoms with Crippen molar-refractivity contribution in [2.45, 2.75) is 20.3 Å². The predicted molar refractivity (Wildman–Crippen MR) is 72.0 cm³/mol. The van der Waals surface area contributed by atoms with Crippen molar-refractivity contribution in [3.8, 4) is 0 Å². The summed E-state index contributed by atoms with van der Waals surface area (Å²) in [5.74, 6) is -2.19. The van der Waals surface area contributed by atoms with Gasteiger partial charge in [-0.25, -0.2) is 0 Å². The van der Waals surface area contributed by atoms with Gasteiger partial charge >= 0.3 is 5.97 Å². The molecule has 20 heavy (non-hydrogen) atoms. The SMILES string of the molecule is Cc1n[nH]c(C)c1NC(=O)C1C2C=CC(C2)C1C(=O)O. The van der Waals surface area contributed by atoms with Crippen LogP contribution in [0.4, 0.5) is 5.69 Å². The third-order valence-corrected chi connectivity index (χ3v) is 4.42. The van der Waals surface area contributed by atoms with Crippen LogP contribution in [0.5, 0.6) is 0 Å². The second-order valence-corrected chi connectivity index (χ2v) is 5.64. The van der Waals surface area contributed by atoms with Crippen molar-refractivity contribution in [2.24, 2.45) is 23.7 Å². The molecule has 1 amide bonds. The molecule has 0 spiro atoms. The normalized spacial score (nSPS) is 30.7. The van der Waals surface area contributed by atoms with Crippen molar-refractivity contribution in [2.75, 3.05) is 5.32 Å². The highest BCUT2D eigenvalue weighted by atomic mass is 16.4. The molecule has 1 aromatic rings. The maximum absolute atomic E-state index is 12.5. The van der Waals surface area contributed by atoms with Crippen LogP contribution in [0.2, 0.25) is 0 Å². The number of amides is 1. The number of carbonyl (C=O) groups is 2. The molecule has 3 rings (SSSR count). The van der Waals surface area contributed by atoms with Crippen molar-refractivity contribution in [1.82, 2.24) is 10.2 Å². The maximum atomic E-state index is 12.5. The highest BCUT2D eigenvalue weighted by Gasteiger charge is 2.51. The molecule has 1 heterocycles. The van der Waals surface area contributed by atoms with Crippen LogP contribution in [0.3, 0.4) is 0 Å². The smallest absolute Gasteiger partial charge is 0.307 e. The lowest BCUT2D eigenvalue weighted by molar-refractivity contribution is -0.146. The fourth-order valence-electron chi connectivity index (χ4n) is 3.46. The molecule has 0 aromatic carbocycles. The van der Waals surface area contributed by atoms with Crippen LogP contribution in [-0.2, 0) is 9.59 Å². The summed E-state index contributed by atoms with van der Waals surface area (Å²) >= 11 is 0. The number of rotatable bonds is 3. The van der Waals surface area contributed by atoms with Crippen molar-refractivity contribution < 1.29 is 14.7 Å². The number of anilines is 1. The van der Waals surface area contributed by atoms with Crippen LogP contribution in [-0.4, -0.2) is 27.2 Å². The molecule has 0 saturated heterocycles. The van der Waals surface area contributed by atoms with Crippen LogP contribution >= 0.6 is 0 Å². The number of aromatic nitrogens is 2. The minimum Gasteiger partial charge on any atom is -0.481 e. The Kier molecular flexibility index (Phi) is 2.88. The number of carbonyl (C=O) groups excluding carboxylic acids is 1. The summed E-state index contributed by atoms with van der Waals surface area (Å²) in [6.45, 7) is 3.62. The van der Waals surface area contributed by atoms with Gasteiger partial charge in [-0.1, -0.05) is 12.2 Å². The molecule has 4 atom stereocenters. The lowest BCUT2D eigenvalue weighted by Gasteiger charge is -2.23. The van der Waals surface area contributed by atoms with E-state index in [0.29, 0.717) is 11.4 Å². The number of hydrogen-bond acceptors (Lipinski definition) is 3. The van der Waals surface area contributed by atoms with Crippen LogP contribution in [0.25, 0.3) is 0 Å². The van der Waals surface area contributed by atoms with Gasteiger partial charge in [0.1, 0.15) is 0 Å². The first-order valence-electron chi connectivity index (χ1n) is 6.72. The number of allylic oxidation sites excluding steroid dienone is 2. The second kappa shape index (κ2) is 4.47. The number of hydrogen-bond donors (Lipinski definition) is 3. The molecule has 6 heteroatoms. The number of aryl methyl sites for hydroxylation is 2. The van der Waals surface area contributed by atoms with E-state index in [-0.39, 0.29) is 17.7 Å². The van der Waals surface area contributed by atoms with Gasteiger partial charge in [-0.15, -0.1) is 0 Å². The van der Waals surface area contributed by atoms with E-state index in [2.05, 4.69) is 15.5 Å². The van der Waals surface area contributed by atoms with E-state index in [0.717, 1.165) is 12.1 Å². The van der Waals surface area contributed by atoms with E-state index in [1.807, 2.05) is 19.1 Å². The predicted octanol–water partition coefficient (Wildman–Crippen LogP) is 1.49. The van der Waals surface area contributed by atoms with E-state index in [1.54, 1.807) is 6.92 Å². The zero-order chi connectivity index (χ0) is 14.4. The van der Waals surface area contributed by atoms with Crippen molar-refractivity contribution >= 4 is 17.6 Å². The van der Waals surface area contributed by atoms with Crippen LogP contribution in [0.15, 0.2) is 12.2 Å². The van der Waals surface area contributed by atoms with E-state index >= 15 is 0 Å². The Morgan fingerprint density at radius 3 is 2.50 bits per heavy atom. The van der Waals surface area contributed by atoms with Gasteiger partial charge in [0, 0.05) is 0 Å². The number of carboxylic acid groups (broad SMARTS) is 1. The van der Waals surface area contributed by atoms with Gasteiger partial charge in [-0.3, -0.25) is 14.7 Å². The number of aromatic amines is 1. The number of H-pyrrole nitrogens is 1. The van der Waals surface area contributed by atoms with Crippen molar-refractivity contribution in [3.05, 3.63) is 23.5 Å². The largest absolute Gasteiger partial charge is 0.481 e. The first-order valence-corrected chi connectivity index (χ1v) is 6.72. The molecule has 0 aliphatic heterocycles. The number of aliphatic carboxylic acids is 1. The average molecular weight is 275 g/mol. The first-order chi connectivity index (χ1) is 9.49. The third kappa shape index (κ3) is 1.83. The molecule has 1 aromatic heterocycles. The summed E-state index contributed by atoms with van der Waals surface area (Å²) in [4.78, 5) is 23.9. The van der Waals surface area contributed by atoms with Gasteiger partial charge in [0.2, 0.25) is 5.91 Å². The van der Waals surface area contributed by atoms with Gasteiger partial charge in [0.15, 0.2) is 0 Å². The van der Waals surface area contributed by atoms with Crippen LogP contribution < -0.4 is 5.32 Å². The van der Waals surface area contributed by atoms with Crippen molar-refractivity contribution in [3.63, 3.8) is 0 Å². The Bertz CT molecular complexity index is 585. The number of carboxylic acids is 1. The standard InChI is InChI=1S/C14H17N3O3/c1-6-12(7(2)17-16-6)15-13(18)10-8-3-4-9(5-8)11(10)14(19)20/h3-4,8-11H,5H2,1-2H3,(H,15,18)(H,16,17)(H,19,20). The quantitative estimate of drug-likeness (QED) is 0.728. The molecule has 1 saturated carbocycles. The molecule has 2 bridgehead atoms. The molecular formula is C14H17N3O3. The summed E-state index contributed by atoms with van der Waals surface area (Å²) in [6.07, 6.45) is 4.67. The first kappa shape index (κ1) is 12.9. The van der Waals surface area contributed by atoms with Gasteiger partial charge in [-0.2, -0.15) is 5.10 Å². The molecular weight excluding hydrogens is 258 g/mol. The Morgan fingerprint density at radius 2 is 1.95 bits per heavy atom. The van der Waals surface area contributed by atoms with E-state index in [9.17, 15) is 14.7 Å². The lowest BCUT2D eigenvalue weighted by Crippen LogP contribution is -2.36. The number of nitrogens with one attached hydrogen (secondary N) is 2. The molecule has 1 fully saturated rings. The third-order valence-electron chi connectivity index (χ3n) is 4.42.